The lowest BCUT2D eigenvalue weighted by Gasteiger charge is -2.31. The second kappa shape index (κ2) is 9.45. The lowest BCUT2D eigenvalue weighted by molar-refractivity contribution is -0.136. The van der Waals surface area contributed by atoms with Gasteiger partial charge in [-0.05, 0) is 37.2 Å². The van der Waals surface area contributed by atoms with Crippen molar-refractivity contribution in [3.8, 4) is 0 Å². The molecule has 24 heavy (non-hydrogen) atoms. The van der Waals surface area contributed by atoms with E-state index in [2.05, 4.69) is 31.3 Å². The first-order chi connectivity index (χ1) is 11.6. The fourth-order valence-electron chi connectivity index (χ4n) is 3.16. The number of aryl methyl sites for hydroxylation is 1. The van der Waals surface area contributed by atoms with Gasteiger partial charge in [-0.1, -0.05) is 44.2 Å². The van der Waals surface area contributed by atoms with Crippen molar-refractivity contribution < 1.29 is 9.59 Å². The van der Waals surface area contributed by atoms with Crippen LogP contribution >= 0.6 is 0 Å². The number of carbonyl (C=O) groups excluding carboxylic acids is 2. The van der Waals surface area contributed by atoms with Gasteiger partial charge in [-0.25, -0.2) is 0 Å². The summed E-state index contributed by atoms with van der Waals surface area (Å²) >= 11 is 0. The zero-order chi connectivity index (χ0) is 17.4. The minimum absolute atomic E-state index is 0.0600. The maximum absolute atomic E-state index is 12.2. The molecule has 1 aromatic rings. The molecular formula is C20H30N2O2. The van der Waals surface area contributed by atoms with Crippen LogP contribution in [0.4, 0.5) is 0 Å². The van der Waals surface area contributed by atoms with Crippen molar-refractivity contribution in [2.45, 2.75) is 46.0 Å². The summed E-state index contributed by atoms with van der Waals surface area (Å²) in [5.41, 5.74) is 1.31. The molecule has 0 atom stereocenters. The number of hydrogen-bond acceptors (Lipinski definition) is 2. The quantitative estimate of drug-likeness (QED) is 0.781. The molecular weight excluding hydrogens is 300 g/mol. The largest absolute Gasteiger partial charge is 0.356 e. The van der Waals surface area contributed by atoms with Gasteiger partial charge in [-0.3, -0.25) is 9.59 Å². The summed E-state index contributed by atoms with van der Waals surface area (Å²) in [4.78, 5) is 26.2. The van der Waals surface area contributed by atoms with Crippen molar-refractivity contribution in [2.24, 2.45) is 11.8 Å². The standard InChI is InChI=1S/C20H30N2O2/c1-16(2)15-19(23)22-13-10-18(11-14-22)20(24)21-12-6-9-17-7-4-3-5-8-17/h3-5,7-8,16,18H,6,9-15H2,1-2H3,(H,21,24). The van der Waals surface area contributed by atoms with Crippen molar-refractivity contribution in [3.05, 3.63) is 35.9 Å². The van der Waals surface area contributed by atoms with Crippen molar-refractivity contribution in [1.29, 1.82) is 0 Å². The highest BCUT2D eigenvalue weighted by molar-refractivity contribution is 5.80. The average molecular weight is 330 g/mol. The smallest absolute Gasteiger partial charge is 0.223 e. The molecule has 2 amide bonds. The molecule has 4 heteroatoms. The number of rotatable bonds is 7. The Labute approximate surface area is 145 Å². The lowest BCUT2D eigenvalue weighted by Crippen LogP contribution is -2.43. The molecule has 1 aliphatic rings. The normalized spacial score (nSPS) is 15.5. The third-order valence-corrected chi connectivity index (χ3v) is 4.59. The molecule has 0 unspecified atom stereocenters. The fraction of sp³-hybridized carbons (Fsp3) is 0.600. The van der Waals surface area contributed by atoms with Gasteiger partial charge < -0.3 is 10.2 Å². The number of nitrogens with one attached hydrogen (secondary N) is 1. The van der Waals surface area contributed by atoms with Crippen molar-refractivity contribution in [3.63, 3.8) is 0 Å². The van der Waals surface area contributed by atoms with Gasteiger partial charge in [0.15, 0.2) is 0 Å². The Balaban J connectivity index is 1.63. The van der Waals surface area contributed by atoms with Crippen LogP contribution in [0.1, 0.15) is 45.1 Å². The first kappa shape index (κ1) is 18.5. The summed E-state index contributed by atoms with van der Waals surface area (Å²) < 4.78 is 0. The van der Waals surface area contributed by atoms with Crippen LogP contribution in [0.2, 0.25) is 0 Å². The van der Waals surface area contributed by atoms with Crippen LogP contribution in [0, 0.1) is 11.8 Å². The molecule has 4 nitrogen and oxygen atoms in total. The molecule has 0 aliphatic carbocycles. The summed E-state index contributed by atoms with van der Waals surface area (Å²) in [6.07, 6.45) is 4.13. The van der Waals surface area contributed by atoms with E-state index in [1.54, 1.807) is 0 Å². The minimum atomic E-state index is 0.0600. The number of piperidine rings is 1. The van der Waals surface area contributed by atoms with Gasteiger partial charge in [0, 0.05) is 32.0 Å². The molecule has 0 bridgehead atoms. The highest BCUT2D eigenvalue weighted by atomic mass is 16.2. The Hall–Kier alpha value is -1.84. The molecule has 1 aromatic carbocycles. The molecule has 1 heterocycles. The van der Waals surface area contributed by atoms with E-state index in [0.717, 1.165) is 32.2 Å². The lowest BCUT2D eigenvalue weighted by atomic mass is 9.95. The van der Waals surface area contributed by atoms with Crippen molar-refractivity contribution >= 4 is 11.8 Å². The second-order valence-corrected chi connectivity index (χ2v) is 7.13. The molecule has 1 N–H and O–H groups in total. The third-order valence-electron chi connectivity index (χ3n) is 4.59. The Kier molecular flexibility index (Phi) is 7.29. The van der Waals surface area contributed by atoms with Gasteiger partial charge in [0.2, 0.25) is 11.8 Å². The summed E-state index contributed by atoms with van der Waals surface area (Å²) in [5.74, 6) is 0.832. The number of carbonyl (C=O) groups is 2. The zero-order valence-electron chi connectivity index (χ0n) is 15.0. The molecule has 0 aromatic heterocycles. The molecule has 0 saturated carbocycles. The average Bonchev–Trinajstić information content (AvgIpc) is 2.59. The van der Waals surface area contributed by atoms with E-state index in [9.17, 15) is 9.59 Å². The third kappa shape index (κ3) is 5.99. The van der Waals surface area contributed by atoms with Gasteiger partial charge in [0.1, 0.15) is 0 Å². The zero-order valence-corrected chi connectivity index (χ0v) is 15.0. The van der Waals surface area contributed by atoms with Gasteiger partial charge >= 0.3 is 0 Å². The van der Waals surface area contributed by atoms with E-state index < -0.39 is 0 Å². The molecule has 132 valence electrons. The number of benzene rings is 1. The molecule has 1 aliphatic heterocycles. The summed E-state index contributed by atoms with van der Waals surface area (Å²) in [7, 11) is 0. The Morgan fingerprint density at radius 3 is 2.46 bits per heavy atom. The van der Waals surface area contributed by atoms with E-state index >= 15 is 0 Å². The van der Waals surface area contributed by atoms with Crippen LogP contribution in [-0.2, 0) is 16.0 Å². The van der Waals surface area contributed by atoms with Gasteiger partial charge in [0.25, 0.3) is 0 Å². The number of nitrogens with zero attached hydrogens (tertiary/aromatic N) is 1. The second-order valence-electron chi connectivity index (χ2n) is 7.13. The monoisotopic (exact) mass is 330 g/mol. The number of amides is 2. The Morgan fingerprint density at radius 1 is 1.17 bits per heavy atom. The number of hydrogen-bond donors (Lipinski definition) is 1. The van der Waals surface area contributed by atoms with Crippen LogP contribution in [0.5, 0.6) is 0 Å². The Bertz CT molecular complexity index is 520. The first-order valence-corrected chi connectivity index (χ1v) is 9.15. The maximum Gasteiger partial charge on any atom is 0.223 e. The van der Waals surface area contributed by atoms with Crippen LogP contribution in [-0.4, -0.2) is 36.3 Å². The van der Waals surface area contributed by atoms with Gasteiger partial charge in [-0.2, -0.15) is 0 Å². The summed E-state index contributed by atoms with van der Waals surface area (Å²) in [5, 5.41) is 3.06. The SMILES string of the molecule is CC(C)CC(=O)N1CCC(C(=O)NCCCc2ccccc2)CC1. The predicted molar refractivity (Wildman–Crippen MR) is 96.5 cm³/mol. The summed E-state index contributed by atoms with van der Waals surface area (Å²) in [6, 6.07) is 10.3. The van der Waals surface area contributed by atoms with E-state index in [1.807, 2.05) is 23.1 Å². The first-order valence-electron chi connectivity index (χ1n) is 9.15. The highest BCUT2D eigenvalue weighted by Crippen LogP contribution is 2.19. The Morgan fingerprint density at radius 2 is 1.83 bits per heavy atom. The van der Waals surface area contributed by atoms with Gasteiger partial charge in [-0.15, -0.1) is 0 Å². The fourth-order valence-corrected chi connectivity index (χ4v) is 3.16. The van der Waals surface area contributed by atoms with E-state index in [0.29, 0.717) is 25.4 Å². The minimum Gasteiger partial charge on any atom is -0.356 e. The molecule has 1 saturated heterocycles. The van der Waals surface area contributed by atoms with E-state index in [4.69, 9.17) is 0 Å². The molecule has 0 radical (unpaired) electrons. The topological polar surface area (TPSA) is 49.4 Å². The molecule has 0 spiro atoms. The van der Waals surface area contributed by atoms with Crippen LogP contribution in [0.3, 0.4) is 0 Å². The summed E-state index contributed by atoms with van der Waals surface area (Å²) in [6.45, 7) is 6.28. The van der Waals surface area contributed by atoms with Gasteiger partial charge in [0.05, 0.1) is 0 Å². The van der Waals surface area contributed by atoms with E-state index in [-0.39, 0.29) is 17.7 Å². The van der Waals surface area contributed by atoms with Crippen molar-refractivity contribution in [2.75, 3.05) is 19.6 Å². The van der Waals surface area contributed by atoms with Crippen LogP contribution < -0.4 is 5.32 Å². The number of likely N-dealkylation sites (tertiary alicyclic amines) is 1. The maximum atomic E-state index is 12.2. The molecule has 2 rings (SSSR count). The molecule has 1 fully saturated rings. The van der Waals surface area contributed by atoms with Crippen molar-refractivity contribution in [1.82, 2.24) is 10.2 Å². The predicted octanol–water partition coefficient (Wildman–Crippen LogP) is 3.02. The highest BCUT2D eigenvalue weighted by Gasteiger charge is 2.27. The van der Waals surface area contributed by atoms with Crippen LogP contribution in [0.15, 0.2) is 30.3 Å². The van der Waals surface area contributed by atoms with Crippen LogP contribution in [0.25, 0.3) is 0 Å². The van der Waals surface area contributed by atoms with E-state index in [1.165, 1.54) is 5.56 Å².